The predicted octanol–water partition coefficient (Wildman–Crippen LogP) is 0.177. The van der Waals surface area contributed by atoms with Gasteiger partial charge in [-0.05, 0) is 12.0 Å². The van der Waals surface area contributed by atoms with E-state index >= 15 is 0 Å². The monoisotopic (exact) mass is 151 g/mol. The summed E-state index contributed by atoms with van der Waals surface area (Å²) in [4.78, 5) is 10.3. The first-order chi connectivity index (χ1) is 4.31. The van der Waals surface area contributed by atoms with Crippen LogP contribution in [0.2, 0.25) is 0 Å². The van der Waals surface area contributed by atoms with Gasteiger partial charge in [0.05, 0.1) is 7.11 Å². The molecular weight excluding hydrogens is 142 g/mol. The number of carbonyl (C=O) groups excluding carboxylic acids is 1. The van der Waals surface area contributed by atoms with Crippen molar-refractivity contribution in [2.24, 2.45) is 0 Å². The molecule has 0 aliphatic heterocycles. The van der Waals surface area contributed by atoms with Crippen LogP contribution in [0.1, 0.15) is 6.42 Å². The molecule has 5 heteroatoms. The Morgan fingerprint density at radius 1 is 1.89 bits per heavy atom. The van der Waals surface area contributed by atoms with E-state index in [0.717, 1.165) is 0 Å². The molecule has 9 heavy (non-hydrogen) atoms. The quantitative estimate of drug-likeness (QED) is 0.260. The highest BCUT2D eigenvalue weighted by atomic mass is 32.2. The molecule has 0 saturated carbocycles. The largest absolute Gasteiger partial charge is 0.319 e. The van der Waals surface area contributed by atoms with Crippen LogP contribution in [0.3, 0.4) is 0 Å². The third-order valence-corrected chi connectivity index (χ3v) is 1.26. The zero-order chi connectivity index (χ0) is 7.11. The van der Waals surface area contributed by atoms with Crippen molar-refractivity contribution >= 4 is 17.9 Å². The minimum atomic E-state index is -0.389. The Labute approximate surface area is 57.7 Å². The van der Waals surface area contributed by atoms with Gasteiger partial charge in [-0.25, -0.2) is 5.48 Å². The molecule has 0 atom stereocenters. The molecule has 0 heterocycles. The van der Waals surface area contributed by atoms with Crippen molar-refractivity contribution in [1.82, 2.24) is 5.48 Å². The van der Waals surface area contributed by atoms with Gasteiger partial charge in [0, 0.05) is 12.2 Å². The number of nitrogens with one attached hydrogen (secondary N) is 1. The summed E-state index contributed by atoms with van der Waals surface area (Å²) in [5.41, 5.74) is 1.52. The third kappa shape index (κ3) is 5.61. The highest BCUT2D eigenvalue weighted by molar-refractivity contribution is 7.94. The van der Waals surface area contributed by atoms with Crippen LogP contribution in [-0.4, -0.2) is 24.0 Å². The topological polar surface area (TPSA) is 58.6 Å². The van der Waals surface area contributed by atoms with E-state index < -0.39 is 0 Å². The molecule has 0 radical (unpaired) electrons. The molecule has 0 aromatic rings. The summed E-state index contributed by atoms with van der Waals surface area (Å²) in [5.74, 6) is 0.169. The second-order valence-corrected chi connectivity index (χ2v) is 2.25. The first kappa shape index (κ1) is 8.74. The average molecular weight is 151 g/mol. The highest BCUT2D eigenvalue weighted by Crippen LogP contribution is 2.00. The molecule has 0 aromatic carbocycles. The van der Waals surface area contributed by atoms with Gasteiger partial charge in [0.25, 0.3) is 0 Å². The van der Waals surface area contributed by atoms with Crippen LogP contribution in [0.15, 0.2) is 0 Å². The number of hydrogen-bond donors (Lipinski definition) is 2. The molecule has 4 nitrogen and oxygen atoms in total. The maximum atomic E-state index is 10.3. The van der Waals surface area contributed by atoms with Crippen molar-refractivity contribution < 1.29 is 14.2 Å². The van der Waals surface area contributed by atoms with Gasteiger partial charge in [-0.15, -0.1) is 0 Å². The summed E-state index contributed by atoms with van der Waals surface area (Å²) in [6.07, 6.45) is 0.273. The van der Waals surface area contributed by atoms with Crippen LogP contribution in [0.4, 0.5) is 0 Å². The van der Waals surface area contributed by atoms with Gasteiger partial charge in [0.2, 0.25) is 5.91 Å². The number of amides is 1. The Hall–Kier alpha value is -0.260. The Morgan fingerprint density at radius 2 is 2.56 bits per heavy atom. The summed E-state index contributed by atoms with van der Waals surface area (Å²) in [6, 6.07) is 0. The molecule has 0 rings (SSSR count). The third-order valence-electron chi connectivity index (χ3n) is 0.655. The summed E-state index contributed by atoms with van der Waals surface area (Å²) >= 11 is 1.18. The summed E-state index contributed by atoms with van der Waals surface area (Å²) in [7, 11) is 1.53. The summed E-state index contributed by atoms with van der Waals surface area (Å²) < 4.78 is 4.59. The lowest BCUT2D eigenvalue weighted by Crippen LogP contribution is -2.18. The summed E-state index contributed by atoms with van der Waals surface area (Å²) in [5, 5.41) is 7.98. The van der Waals surface area contributed by atoms with Crippen molar-refractivity contribution in [3.8, 4) is 0 Å². The molecule has 54 valence electrons. The molecule has 0 aliphatic carbocycles. The molecular formula is C4H9NO3S. The number of hydrogen-bond acceptors (Lipinski definition) is 4. The molecule has 0 bridgehead atoms. The fourth-order valence-corrected chi connectivity index (χ4v) is 0.709. The van der Waals surface area contributed by atoms with Crippen molar-refractivity contribution in [3.05, 3.63) is 0 Å². The maximum absolute atomic E-state index is 10.3. The van der Waals surface area contributed by atoms with E-state index in [4.69, 9.17) is 5.21 Å². The van der Waals surface area contributed by atoms with E-state index in [1.165, 1.54) is 24.6 Å². The number of carbonyl (C=O) groups is 1. The van der Waals surface area contributed by atoms with Gasteiger partial charge in [0.15, 0.2) is 0 Å². The van der Waals surface area contributed by atoms with E-state index in [-0.39, 0.29) is 12.3 Å². The van der Waals surface area contributed by atoms with Crippen LogP contribution < -0.4 is 5.48 Å². The van der Waals surface area contributed by atoms with Crippen molar-refractivity contribution in [1.29, 1.82) is 0 Å². The predicted molar refractivity (Wildman–Crippen MR) is 34.0 cm³/mol. The Kier molecular flexibility index (Phi) is 5.70. The van der Waals surface area contributed by atoms with Gasteiger partial charge in [-0.1, -0.05) is 0 Å². The molecule has 1 amide bonds. The molecule has 0 aromatic heterocycles. The smallest absolute Gasteiger partial charge is 0.244 e. The lowest BCUT2D eigenvalue weighted by molar-refractivity contribution is -0.128. The van der Waals surface area contributed by atoms with Crippen LogP contribution in [-0.2, 0) is 8.98 Å². The Balaban J connectivity index is 2.97. The maximum Gasteiger partial charge on any atom is 0.244 e. The zero-order valence-electron chi connectivity index (χ0n) is 5.09. The van der Waals surface area contributed by atoms with Crippen molar-refractivity contribution in [3.63, 3.8) is 0 Å². The van der Waals surface area contributed by atoms with Crippen LogP contribution in [0.25, 0.3) is 0 Å². The fraction of sp³-hybridized carbons (Fsp3) is 0.750. The number of hydroxylamine groups is 1. The van der Waals surface area contributed by atoms with Crippen LogP contribution >= 0.6 is 12.0 Å². The molecule has 0 saturated heterocycles. The fourth-order valence-electron chi connectivity index (χ4n) is 0.274. The first-order valence-corrected chi connectivity index (χ1v) is 3.31. The standard InChI is InChI=1S/C4H9NO3S/c1-8-9-3-2-4(6)5-7/h7H,2-3H2,1H3,(H,5,6). The van der Waals surface area contributed by atoms with Crippen molar-refractivity contribution in [2.75, 3.05) is 12.9 Å². The Bertz CT molecular complexity index is 87.9. The second-order valence-electron chi connectivity index (χ2n) is 1.27. The highest BCUT2D eigenvalue weighted by Gasteiger charge is 1.96. The van der Waals surface area contributed by atoms with Gasteiger partial charge in [-0.2, -0.15) is 0 Å². The average Bonchev–Trinajstić information content (AvgIpc) is 1.89. The second kappa shape index (κ2) is 5.87. The minimum absolute atomic E-state index is 0.273. The van der Waals surface area contributed by atoms with Crippen LogP contribution in [0, 0.1) is 0 Å². The lowest BCUT2D eigenvalue weighted by atomic mass is 10.5. The Morgan fingerprint density at radius 3 is 3.00 bits per heavy atom. The molecule has 0 spiro atoms. The van der Waals surface area contributed by atoms with E-state index in [1.807, 2.05) is 0 Å². The van der Waals surface area contributed by atoms with E-state index in [9.17, 15) is 4.79 Å². The molecule has 0 unspecified atom stereocenters. The van der Waals surface area contributed by atoms with Gasteiger partial charge < -0.3 is 4.18 Å². The summed E-state index contributed by atoms with van der Waals surface area (Å²) in [6.45, 7) is 0. The zero-order valence-corrected chi connectivity index (χ0v) is 5.90. The van der Waals surface area contributed by atoms with E-state index in [2.05, 4.69) is 4.18 Å². The number of rotatable bonds is 4. The van der Waals surface area contributed by atoms with E-state index in [1.54, 1.807) is 0 Å². The minimum Gasteiger partial charge on any atom is -0.319 e. The van der Waals surface area contributed by atoms with E-state index in [0.29, 0.717) is 5.75 Å². The normalized spacial score (nSPS) is 9.11. The molecule has 0 fully saturated rings. The first-order valence-electron chi connectivity index (χ1n) is 2.39. The SMILES string of the molecule is COSCCC(=O)NO. The van der Waals surface area contributed by atoms with Gasteiger partial charge in [-0.3, -0.25) is 10.0 Å². The van der Waals surface area contributed by atoms with Crippen molar-refractivity contribution in [2.45, 2.75) is 6.42 Å². The molecule has 0 aliphatic rings. The van der Waals surface area contributed by atoms with Gasteiger partial charge in [0.1, 0.15) is 0 Å². The van der Waals surface area contributed by atoms with Crippen LogP contribution in [0.5, 0.6) is 0 Å². The van der Waals surface area contributed by atoms with Gasteiger partial charge >= 0.3 is 0 Å². The lowest BCUT2D eigenvalue weighted by Gasteiger charge is -1.95. The molecule has 2 N–H and O–H groups in total.